The van der Waals surface area contributed by atoms with Crippen LogP contribution < -0.4 is 0 Å². The van der Waals surface area contributed by atoms with Crippen molar-refractivity contribution in [3.63, 3.8) is 0 Å². The zero-order valence-electron chi connectivity index (χ0n) is 30.4. The van der Waals surface area contributed by atoms with Crippen molar-refractivity contribution in [2.24, 2.45) is 0 Å². The summed E-state index contributed by atoms with van der Waals surface area (Å²) < 4.78 is 11.9. The van der Waals surface area contributed by atoms with Crippen molar-refractivity contribution < 1.29 is 4.42 Å². The Morgan fingerprint density at radius 3 is 1.75 bits per heavy atom. The molecule has 4 heterocycles. The molecule has 12 aromatic rings. The lowest BCUT2D eigenvalue weighted by Crippen LogP contribution is -2.00. The summed E-state index contributed by atoms with van der Waals surface area (Å²) in [5.74, 6) is 1.83. The standard InChI is InChI=1S/C51H30N4OS/c1-4-15-31(16-5-1)40-29-34(55-41-24-12-10-21-35(41)37-27-28-38-36-22-11-13-26-44(36)57-48(38)47(37)55)30-43-46(40)45-39(23-14-25-42(45)56-43)51-53-49(32-17-6-2-7-18-32)52-50(54-51)33-19-8-3-9-20-33/h1-30H. The Kier molecular flexibility index (Phi) is 7.03. The molecule has 0 atom stereocenters. The number of furan rings is 1. The van der Waals surface area contributed by atoms with E-state index in [1.807, 2.05) is 84.1 Å². The molecule has 0 amide bonds. The lowest BCUT2D eigenvalue weighted by atomic mass is 9.96. The summed E-state index contributed by atoms with van der Waals surface area (Å²) in [4.78, 5) is 15.3. The van der Waals surface area contributed by atoms with Crippen molar-refractivity contribution in [1.82, 2.24) is 19.5 Å². The number of rotatable bonds is 5. The van der Waals surface area contributed by atoms with E-state index < -0.39 is 0 Å². The predicted octanol–water partition coefficient (Wildman–Crippen LogP) is 13.9. The highest BCUT2D eigenvalue weighted by atomic mass is 32.1. The van der Waals surface area contributed by atoms with Crippen molar-refractivity contribution >= 4 is 75.3 Å². The van der Waals surface area contributed by atoms with Gasteiger partial charge in [0.1, 0.15) is 11.2 Å². The van der Waals surface area contributed by atoms with Crippen LogP contribution in [-0.4, -0.2) is 19.5 Å². The monoisotopic (exact) mass is 746 g/mol. The first-order valence-electron chi connectivity index (χ1n) is 19.0. The lowest BCUT2D eigenvalue weighted by Gasteiger charge is -2.13. The fourth-order valence-corrected chi connectivity index (χ4v) is 9.76. The van der Waals surface area contributed by atoms with Crippen molar-refractivity contribution in [2.45, 2.75) is 0 Å². The highest BCUT2D eigenvalue weighted by molar-refractivity contribution is 7.26. The first-order valence-corrected chi connectivity index (χ1v) is 19.8. The van der Waals surface area contributed by atoms with Gasteiger partial charge in [0.15, 0.2) is 17.5 Å². The Morgan fingerprint density at radius 1 is 0.421 bits per heavy atom. The minimum absolute atomic E-state index is 0.591. The normalized spacial score (nSPS) is 11.9. The first-order chi connectivity index (χ1) is 28.3. The molecule has 12 rings (SSSR count). The fourth-order valence-electron chi connectivity index (χ4n) is 8.52. The zero-order valence-corrected chi connectivity index (χ0v) is 31.2. The van der Waals surface area contributed by atoms with Gasteiger partial charge in [-0.05, 0) is 35.4 Å². The van der Waals surface area contributed by atoms with Crippen molar-refractivity contribution in [2.75, 3.05) is 0 Å². The Morgan fingerprint density at radius 2 is 1.02 bits per heavy atom. The maximum absolute atomic E-state index is 6.92. The maximum atomic E-state index is 6.92. The molecule has 0 aliphatic heterocycles. The molecule has 0 aliphatic rings. The Balaban J connectivity index is 1.17. The largest absolute Gasteiger partial charge is 0.456 e. The van der Waals surface area contributed by atoms with Crippen LogP contribution in [0.1, 0.15) is 0 Å². The van der Waals surface area contributed by atoms with E-state index in [4.69, 9.17) is 19.4 Å². The molecule has 0 unspecified atom stereocenters. The second kappa shape index (κ2) is 12.6. The summed E-state index contributed by atoms with van der Waals surface area (Å²) in [5.41, 5.74) is 9.87. The topological polar surface area (TPSA) is 56.7 Å². The molecule has 0 fully saturated rings. The third-order valence-corrected chi connectivity index (χ3v) is 12.2. The first kappa shape index (κ1) is 31.9. The van der Waals surface area contributed by atoms with E-state index in [0.29, 0.717) is 17.5 Å². The van der Waals surface area contributed by atoms with E-state index >= 15 is 0 Å². The molecule has 0 bridgehead atoms. The zero-order chi connectivity index (χ0) is 37.5. The van der Waals surface area contributed by atoms with Crippen LogP contribution in [0.5, 0.6) is 0 Å². The minimum atomic E-state index is 0.591. The number of hydrogen-bond donors (Lipinski definition) is 0. The lowest BCUT2D eigenvalue weighted by molar-refractivity contribution is 0.669. The molecule has 4 aromatic heterocycles. The maximum Gasteiger partial charge on any atom is 0.164 e. The van der Waals surface area contributed by atoms with Gasteiger partial charge in [-0.3, -0.25) is 0 Å². The number of nitrogens with zero attached hydrogens (tertiary/aromatic N) is 4. The molecule has 57 heavy (non-hydrogen) atoms. The average Bonchev–Trinajstić information content (AvgIpc) is 3.96. The molecular weight excluding hydrogens is 717 g/mol. The molecule has 0 saturated carbocycles. The second-order valence-corrected chi connectivity index (χ2v) is 15.4. The van der Waals surface area contributed by atoms with Gasteiger partial charge in [-0.25, -0.2) is 15.0 Å². The van der Waals surface area contributed by atoms with Crippen LogP contribution in [0.4, 0.5) is 0 Å². The van der Waals surface area contributed by atoms with Crippen molar-refractivity contribution in [3.05, 3.63) is 182 Å². The Labute approximate surface area is 330 Å². The molecule has 0 N–H and O–H groups in total. The van der Waals surface area contributed by atoms with Crippen LogP contribution in [0, 0.1) is 0 Å². The SMILES string of the molecule is c1ccc(-c2nc(-c3ccccc3)nc(-c3cccc4oc5cc(-n6c7ccccc7c7ccc8c9ccccc9sc8c76)cc(-c6ccccc6)c5c34)n2)cc1. The van der Waals surface area contributed by atoms with Gasteiger partial charge in [0.2, 0.25) is 0 Å². The number of fused-ring (bicyclic) bond motifs is 10. The third-order valence-electron chi connectivity index (χ3n) is 11.0. The van der Waals surface area contributed by atoms with Gasteiger partial charge >= 0.3 is 0 Å². The van der Waals surface area contributed by atoms with E-state index in [1.165, 1.54) is 36.5 Å². The van der Waals surface area contributed by atoms with Crippen LogP contribution in [0.3, 0.4) is 0 Å². The van der Waals surface area contributed by atoms with Gasteiger partial charge in [-0.1, -0.05) is 152 Å². The van der Waals surface area contributed by atoms with Crippen LogP contribution >= 0.6 is 11.3 Å². The summed E-state index contributed by atoms with van der Waals surface area (Å²) in [5, 5.41) is 7.00. The van der Waals surface area contributed by atoms with Gasteiger partial charge in [0, 0.05) is 59.8 Å². The van der Waals surface area contributed by atoms with Gasteiger partial charge in [-0.2, -0.15) is 0 Å². The van der Waals surface area contributed by atoms with Crippen LogP contribution in [0.2, 0.25) is 0 Å². The molecule has 8 aromatic carbocycles. The van der Waals surface area contributed by atoms with Gasteiger partial charge in [-0.15, -0.1) is 11.3 Å². The van der Waals surface area contributed by atoms with Gasteiger partial charge in [0.25, 0.3) is 0 Å². The molecule has 0 saturated heterocycles. The number of hydrogen-bond acceptors (Lipinski definition) is 5. The highest BCUT2D eigenvalue weighted by Gasteiger charge is 2.23. The van der Waals surface area contributed by atoms with E-state index in [9.17, 15) is 0 Å². The molecular formula is C51H30N4OS. The minimum Gasteiger partial charge on any atom is -0.456 e. The molecule has 5 nitrogen and oxygen atoms in total. The van der Waals surface area contributed by atoms with E-state index in [0.717, 1.165) is 61.0 Å². The second-order valence-electron chi connectivity index (χ2n) is 14.3. The van der Waals surface area contributed by atoms with E-state index in [2.05, 4.69) is 114 Å². The Bertz CT molecular complexity index is 3460. The molecule has 0 aliphatic carbocycles. The van der Waals surface area contributed by atoms with Crippen LogP contribution in [-0.2, 0) is 0 Å². The number of aromatic nitrogens is 4. The van der Waals surface area contributed by atoms with Crippen LogP contribution in [0.25, 0.3) is 115 Å². The van der Waals surface area contributed by atoms with Crippen molar-refractivity contribution in [3.8, 4) is 51.0 Å². The summed E-state index contributed by atoms with van der Waals surface area (Å²) in [6.45, 7) is 0. The summed E-state index contributed by atoms with van der Waals surface area (Å²) in [6.07, 6.45) is 0. The van der Waals surface area contributed by atoms with E-state index in [1.54, 1.807) is 0 Å². The summed E-state index contributed by atoms with van der Waals surface area (Å²) in [7, 11) is 0. The molecule has 266 valence electrons. The molecule has 0 radical (unpaired) electrons. The summed E-state index contributed by atoms with van der Waals surface area (Å²) >= 11 is 1.86. The fraction of sp³-hybridized carbons (Fsp3) is 0. The van der Waals surface area contributed by atoms with Crippen molar-refractivity contribution in [1.29, 1.82) is 0 Å². The quantitative estimate of drug-likeness (QED) is 0.176. The van der Waals surface area contributed by atoms with Gasteiger partial charge in [0.05, 0.1) is 21.4 Å². The Hall–Kier alpha value is -7.41. The third kappa shape index (κ3) is 4.98. The number of benzene rings is 8. The highest BCUT2D eigenvalue weighted by Crippen LogP contribution is 2.46. The predicted molar refractivity (Wildman–Crippen MR) is 236 cm³/mol. The van der Waals surface area contributed by atoms with Gasteiger partial charge < -0.3 is 8.98 Å². The number of thiophene rings is 1. The number of para-hydroxylation sites is 1. The average molecular weight is 747 g/mol. The molecule has 0 spiro atoms. The summed E-state index contributed by atoms with van der Waals surface area (Å²) in [6, 6.07) is 63.6. The van der Waals surface area contributed by atoms with E-state index in [-0.39, 0.29) is 0 Å². The van der Waals surface area contributed by atoms with Crippen LogP contribution in [0.15, 0.2) is 186 Å². The molecule has 6 heteroatoms. The smallest absolute Gasteiger partial charge is 0.164 e.